The van der Waals surface area contributed by atoms with Crippen LogP contribution in [0.2, 0.25) is 0 Å². The number of benzene rings is 1. The molecule has 1 N–H and O–H groups in total. The van der Waals surface area contributed by atoms with E-state index in [-0.39, 0.29) is 6.10 Å². The molecule has 0 spiro atoms. The van der Waals surface area contributed by atoms with Crippen LogP contribution in [0, 0.1) is 0 Å². The van der Waals surface area contributed by atoms with Gasteiger partial charge in [0.15, 0.2) is 0 Å². The van der Waals surface area contributed by atoms with Gasteiger partial charge in [0.05, 0.1) is 6.10 Å². The van der Waals surface area contributed by atoms with Crippen molar-refractivity contribution in [3.8, 4) is 0 Å². The van der Waals surface area contributed by atoms with Crippen molar-refractivity contribution in [1.29, 1.82) is 0 Å². The van der Waals surface area contributed by atoms with Gasteiger partial charge in [0, 0.05) is 5.66 Å². The number of rotatable bonds is 2. The van der Waals surface area contributed by atoms with E-state index in [0.29, 0.717) is 5.66 Å². The molecule has 1 fully saturated rings. The first-order chi connectivity index (χ1) is 6.86. The molecule has 1 aromatic rings. The Kier molecular flexibility index (Phi) is 3.55. The summed E-state index contributed by atoms with van der Waals surface area (Å²) in [5.41, 5.74) is 0.520. The number of aliphatic hydroxyl groups excluding tert-OH is 1. The maximum Gasteiger partial charge on any atom is 0.0608 e. The summed E-state index contributed by atoms with van der Waals surface area (Å²) >= 11 is 0. The summed E-state index contributed by atoms with van der Waals surface area (Å²) in [6.07, 6.45) is 4.65. The van der Waals surface area contributed by atoms with E-state index in [2.05, 4.69) is 24.3 Å². The van der Waals surface area contributed by atoms with Crippen LogP contribution in [0.15, 0.2) is 30.3 Å². The van der Waals surface area contributed by atoms with Crippen LogP contribution in [0.5, 0.6) is 0 Å². The SMILES string of the molecule is OC1CCCCC1Pc1ccccc1. The van der Waals surface area contributed by atoms with E-state index >= 15 is 0 Å². The largest absolute Gasteiger partial charge is 0.392 e. The van der Waals surface area contributed by atoms with E-state index in [9.17, 15) is 5.11 Å². The summed E-state index contributed by atoms with van der Waals surface area (Å²) in [5.74, 6) is 0. The van der Waals surface area contributed by atoms with Crippen LogP contribution >= 0.6 is 8.58 Å². The molecule has 2 heteroatoms. The van der Waals surface area contributed by atoms with Crippen molar-refractivity contribution in [1.82, 2.24) is 0 Å². The first-order valence-corrected chi connectivity index (χ1v) is 6.43. The second-order valence-corrected chi connectivity index (χ2v) is 5.58. The molecule has 1 saturated carbocycles. The molecular formula is C12H17OP. The summed E-state index contributed by atoms with van der Waals surface area (Å²) in [4.78, 5) is 0. The zero-order valence-electron chi connectivity index (χ0n) is 8.32. The second-order valence-electron chi connectivity index (χ2n) is 3.97. The maximum atomic E-state index is 9.84. The molecule has 14 heavy (non-hydrogen) atoms. The summed E-state index contributed by atoms with van der Waals surface area (Å²) in [6, 6.07) is 10.5. The van der Waals surface area contributed by atoms with Crippen LogP contribution in [0.1, 0.15) is 25.7 Å². The first-order valence-electron chi connectivity index (χ1n) is 5.36. The van der Waals surface area contributed by atoms with Gasteiger partial charge in [-0.25, -0.2) is 0 Å². The lowest BCUT2D eigenvalue weighted by Gasteiger charge is -2.27. The normalized spacial score (nSPS) is 28.4. The predicted octanol–water partition coefficient (Wildman–Crippen LogP) is 2.29. The van der Waals surface area contributed by atoms with Crippen molar-refractivity contribution in [3.05, 3.63) is 30.3 Å². The first kappa shape index (κ1) is 10.1. The smallest absolute Gasteiger partial charge is 0.0608 e. The summed E-state index contributed by atoms with van der Waals surface area (Å²) in [5, 5.41) is 11.2. The molecule has 0 aromatic heterocycles. The molecule has 0 bridgehead atoms. The lowest BCUT2D eigenvalue weighted by molar-refractivity contribution is 0.136. The van der Waals surface area contributed by atoms with Crippen LogP contribution in [-0.2, 0) is 0 Å². The molecular weight excluding hydrogens is 191 g/mol. The number of hydrogen-bond acceptors (Lipinski definition) is 1. The van der Waals surface area contributed by atoms with Gasteiger partial charge in [0.1, 0.15) is 0 Å². The Balaban J connectivity index is 1.96. The van der Waals surface area contributed by atoms with Crippen molar-refractivity contribution >= 4 is 13.9 Å². The van der Waals surface area contributed by atoms with Crippen molar-refractivity contribution in [2.75, 3.05) is 0 Å². The average molecular weight is 208 g/mol. The minimum absolute atomic E-state index is 0.0534. The Hall–Kier alpha value is -0.390. The molecule has 1 aromatic carbocycles. The molecule has 1 nitrogen and oxygen atoms in total. The average Bonchev–Trinajstić information content (AvgIpc) is 2.23. The Morgan fingerprint density at radius 3 is 2.50 bits per heavy atom. The third-order valence-corrected chi connectivity index (χ3v) is 4.57. The number of aliphatic hydroxyl groups is 1. The van der Waals surface area contributed by atoms with Gasteiger partial charge in [0.25, 0.3) is 0 Å². The van der Waals surface area contributed by atoms with Gasteiger partial charge in [-0.3, -0.25) is 0 Å². The van der Waals surface area contributed by atoms with E-state index in [1.807, 2.05) is 6.07 Å². The highest BCUT2D eigenvalue weighted by atomic mass is 31.1. The molecule has 0 radical (unpaired) electrons. The molecule has 0 aliphatic heterocycles. The van der Waals surface area contributed by atoms with Gasteiger partial charge >= 0.3 is 0 Å². The highest BCUT2D eigenvalue weighted by Gasteiger charge is 2.22. The van der Waals surface area contributed by atoms with Gasteiger partial charge in [-0.15, -0.1) is 0 Å². The standard InChI is InChI=1S/C12H17OP/c13-11-8-4-5-9-12(11)14-10-6-2-1-3-7-10/h1-3,6-7,11-14H,4-5,8-9H2. The molecule has 2 rings (SSSR count). The van der Waals surface area contributed by atoms with Crippen molar-refractivity contribution in [2.45, 2.75) is 37.4 Å². The summed E-state index contributed by atoms with van der Waals surface area (Å²) in [6.45, 7) is 0. The third kappa shape index (κ3) is 2.56. The van der Waals surface area contributed by atoms with E-state index in [4.69, 9.17) is 0 Å². The zero-order valence-corrected chi connectivity index (χ0v) is 9.32. The van der Waals surface area contributed by atoms with Crippen LogP contribution in [0.4, 0.5) is 0 Å². The van der Waals surface area contributed by atoms with Crippen molar-refractivity contribution in [2.24, 2.45) is 0 Å². The zero-order chi connectivity index (χ0) is 9.80. The molecule has 1 aliphatic rings. The quantitative estimate of drug-likeness (QED) is 0.739. The van der Waals surface area contributed by atoms with Gasteiger partial charge in [-0.1, -0.05) is 51.8 Å². The lowest BCUT2D eigenvalue weighted by Crippen LogP contribution is -2.27. The predicted molar refractivity (Wildman–Crippen MR) is 62.7 cm³/mol. The van der Waals surface area contributed by atoms with E-state index in [1.54, 1.807) is 0 Å². The Morgan fingerprint density at radius 1 is 1.07 bits per heavy atom. The molecule has 0 heterocycles. The topological polar surface area (TPSA) is 20.2 Å². The fraction of sp³-hybridized carbons (Fsp3) is 0.500. The van der Waals surface area contributed by atoms with Crippen molar-refractivity contribution in [3.63, 3.8) is 0 Å². The molecule has 1 aliphatic carbocycles. The molecule has 76 valence electrons. The molecule has 3 atom stereocenters. The molecule has 0 saturated heterocycles. The summed E-state index contributed by atoms with van der Waals surface area (Å²) < 4.78 is 0. The molecule has 3 unspecified atom stereocenters. The maximum absolute atomic E-state index is 9.84. The Labute approximate surface area is 87.3 Å². The highest BCUT2D eigenvalue weighted by molar-refractivity contribution is 7.48. The number of hydrogen-bond donors (Lipinski definition) is 1. The highest BCUT2D eigenvalue weighted by Crippen LogP contribution is 2.32. The summed E-state index contributed by atoms with van der Waals surface area (Å²) in [7, 11) is 0.784. The van der Waals surface area contributed by atoms with Gasteiger partial charge in [-0.2, -0.15) is 0 Å². The minimum Gasteiger partial charge on any atom is -0.392 e. The lowest BCUT2D eigenvalue weighted by atomic mass is 9.97. The van der Waals surface area contributed by atoms with E-state index in [1.165, 1.54) is 24.6 Å². The molecule has 0 amide bonds. The third-order valence-electron chi connectivity index (χ3n) is 2.86. The van der Waals surface area contributed by atoms with Crippen LogP contribution in [-0.4, -0.2) is 16.9 Å². The fourth-order valence-corrected chi connectivity index (χ4v) is 3.55. The van der Waals surface area contributed by atoms with Gasteiger partial charge in [0.2, 0.25) is 0 Å². The van der Waals surface area contributed by atoms with Gasteiger partial charge < -0.3 is 5.11 Å². The van der Waals surface area contributed by atoms with Crippen LogP contribution in [0.3, 0.4) is 0 Å². The monoisotopic (exact) mass is 208 g/mol. The van der Waals surface area contributed by atoms with E-state index in [0.717, 1.165) is 15.0 Å². The van der Waals surface area contributed by atoms with Crippen LogP contribution < -0.4 is 5.30 Å². The van der Waals surface area contributed by atoms with E-state index < -0.39 is 0 Å². The minimum atomic E-state index is -0.0534. The Bertz CT molecular complexity index is 273. The fourth-order valence-electron chi connectivity index (χ4n) is 2.03. The van der Waals surface area contributed by atoms with Crippen molar-refractivity contribution < 1.29 is 5.11 Å². The Morgan fingerprint density at radius 2 is 1.79 bits per heavy atom. The van der Waals surface area contributed by atoms with Gasteiger partial charge in [-0.05, 0) is 18.1 Å². The van der Waals surface area contributed by atoms with Crippen LogP contribution in [0.25, 0.3) is 0 Å². The second kappa shape index (κ2) is 4.91.